The normalized spacial score (nSPS) is 10.9. The number of ether oxygens (including phenoxy) is 2. The van der Waals surface area contributed by atoms with Gasteiger partial charge in [-0.1, -0.05) is 29.8 Å². The summed E-state index contributed by atoms with van der Waals surface area (Å²) < 4.78 is 26.1. The lowest BCUT2D eigenvalue weighted by Crippen LogP contribution is -2.17. The zero-order valence-electron chi connectivity index (χ0n) is 16.2. The van der Waals surface area contributed by atoms with Crippen molar-refractivity contribution in [2.24, 2.45) is 5.10 Å². The first-order valence-corrected chi connectivity index (χ1v) is 11.2. The third-order valence-electron chi connectivity index (χ3n) is 4.14. The number of rotatable bonds is 7. The van der Waals surface area contributed by atoms with E-state index in [1.165, 1.54) is 12.3 Å². The number of carbonyl (C=O) groups excluding carboxylic acids is 1. The van der Waals surface area contributed by atoms with Crippen molar-refractivity contribution in [1.29, 1.82) is 0 Å². The molecule has 0 heterocycles. The Labute approximate surface area is 205 Å². The number of methoxy groups -OCH3 is 1. The number of carbonyl (C=O) groups is 1. The molecule has 31 heavy (non-hydrogen) atoms. The largest absolute Gasteiger partial charge is 0.496 e. The van der Waals surface area contributed by atoms with E-state index in [2.05, 4.69) is 49.0 Å². The molecule has 0 radical (unpaired) electrons. The fourth-order valence-corrected chi connectivity index (χ4v) is 4.13. The van der Waals surface area contributed by atoms with Crippen LogP contribution in [0.25, 0.3) is 0 Å². The summed E-state index contributed by atoms with van der Waals surface area (Å²) in [5.74, 6) is 0.275. The van der Waals surface area contributed by atoms with Crippen molar-refractivity contribution in [2.45, 2.75) is 6.61 Å². The standard InChI is InChI=1S/C22H16BrClFIN2O3/c1-30-20-10-14(6-7-19(20)26)22(29)28-27-11-13-8-16(23)21(17(24)9-13)31-12-15-4-2-3-5-18(15)25/h2-11H,12H2,1H3,(H,28,29)/b27-11-. The van der Waals surface area contributed by atoms with Crippen LogP contribution >= 0.6 is 50.1 Å². The molecule has 160 valence electrons. The molecule has 0 fully saturated rings. The van der Waals surface area contributed by atoms with Crippen LogP contribution in [0.2, 0.25) is 5.02 Å². The van der Waals surface area contributed by atoms with Gasteiger partial charge < -0.3 is 9.47 Å². The van der Waals surface area contributed by atoms with Crippen LogP contribution in [0.4, 0.5) is 4.39 Å². The molecule has 3 aromatic rings. The number of hydrazone groups is 1. The van der Waals surface area contributed by atoms with E-state index in [1.54, 1.807) is 55.6 Å². The SMILES string of the molecule is COc1cc(C(=O)N/N=C\c2cc(Cl)c(OCc3ccccc3F)c(Br)c2)ccc1I. The highest BCUT2D eigenvalue weighted by atomic mass is 127. The molecule has 0 saturated carbocycles. The molecule has 0 atom stereocenters. The second kappa shape index (κ2) is 10.9. The molecule has 3 aromatic carbocycles. The van der Waals surface area contributed by atoms with Crippen LogP contribution in [0.15, 0.2) is 64.2 Å². The molecule has 0 unspecified atom stereocenters. The lowest BCUT2D eigenvalue weighted by molar-refractivity contribution is 0.0954. The highest BCUT2D eigenvalue weighted by Crippen LogP contribution is 2.35. The maximum Gasteiger partial charge on any atom is 0.271 e. The number of hydrogen-bond acceptors (Lipinski definition) is 4. The third-order valence-corrected chi connectivity index (χ3v) is 5.90. The smallest absolute Gasteiger partial charge is 0.271 e. The van der Waals surface area contributed by atoms with Gasteiger partial charge in [0.1, 0.15) is 18.2 Å². The van der Waals surface area contributed by atoms with Crippen molar-refractivity contribution in [3.63, 3.8) is 0 Å². The number of nitrogens with one attached hydrogen (secondary N) is 1. The summed E-state index contributed by atoms with van der Waals surface area (Å²) in [4.78, 5) is 12.3. The minimum Gasteiger partial charge on any atom is -0.496 e. The van der Waals surface area contributed by atoms with Crippen LogP contribution in [0.1, 0.15) is 21.5 Å². The van der Waals surface area contributed by atoms with Gasteiger partial charge >= 0.3 is 0 Å². The lowest BCUT2D eigenvalue weighted by Gasteiger charge is -2.11. The van der Waals surface area contributed by atoms with E-state index in [9.17, 15) is 9.18 Å². The molecule has 5 nitrogen and oxygen atoms in total. The first kappa shape index (κ1) is 23.5. The lowest BCUT2D eigenvalue weighted by atomic mass is 10.2. The van der Waals surface area contributed by atoms with Crippen LogP contribution in [-0.4, -0.2) is 19.2 Å². The van der Waals surface area contributed by atoms with E-state index >= 15 is 0 Å². The van der Waals surface area contributed by atoms with Crippen molar-refractivity contribution in [2.75, 3.05) is 7.11 Å². The van der Waals surface area contributed by atoms with E-state index in [4.69, 9.17) is 21.1 Å². The number of halogens is 4. The average molecular weight is 618 g/mol. The van der Waals surface area contributed by atoms with Gasteiger partial charge in [0, 0.05) is 11.1 Å². The van der Waals surface area contributed by atoms with Crippen LogP contribution in [0.3, 0.4) is 0 Å². The van der Waals surface area contributed by atoms with Gasteiger partial charge in [-0.05, 0) is 80.5 Å². The fraction of sp³-hybridized carbons (Fsp3) is 0.0909. The van der Waals surface area contributed by atoms with E-state index in [1.807, 2.05) is 0 Å². The summed E-state index contributed by atoms with van der Waals surface area (Å²) in [7, 11) is 1.54. The van der Waals surface area contributed by atoms with Gasteiger partial charge in [-0.2, -0.15) is 5.10 Å². The molecule has 0 aliphatic carbocycles. The molecule has 9 heteroatoms. The Hall–Kier alpha value is -2.17. The molecule has 0 aromatic heterocycles. The van der Waals surface area contributed by atoms with Crippen molar-refractivity contribution < 1.29 is 18.7 Å². The van der Waals surface area contributed by atoms with Crippen LogP contribution in [-0.2, 0) is 6.61 Å². The molecule has 0 spiro atoms. The topological polar surface area (TPSA) is 59.9 Å². The van der Waals surface area contributed by atoms with Gasteiger partial charge in [0.2, 0.25) is 0 Å². The summed E-state index contributed by atoms with van der Waals surface area (Å²) in [6.45, 7) is 0.0357. The van der Waals surface area contributed by atoms with E-state index in [0.717, 1.165) is 3.57 Å². The fourth-order valence-electron chi connectivity index (χ4n) is 2.59. The molecule has 0 bridgehead atoms. The van der Waals surface area contributed by atoms with E-state index in [0.29, 0.717) is 37.7 Å². The first-order chi connectivity index (χ1) is 14.9. The number of nitrogens with zero attached hydrogens (tertiary/aromatic N) is 1. The van der Waals surface area contributed by atoms with Gasteiger partial charge in [0.05, 0.1) is 26.4 Å². The van der Waals surface area contributed by atoms with E-state index in [-0.39, 0.29) is 18.3 Å². The Balaban J connectivity index is 1.66. The van der Waals surface area contributed by atoms with Crippen molar-refractivity contribution in [1.82, 2.24) is 5.43 Å². The third kappa shape index (κ3) is 6.18. The Morgan fingerprint density at radius 1 is 1.26 bits per heavy atom. The molecular formula is C22H16BrClFIN2O3. The first-order valence-electron chi connectivity index (χ1n) is 8.91. The molecule has 3 rings (SSSR count). The summed E-state index contributed by atoms with van der Waals surface area (Å²) in [6.07, 6.45) is 1.46. The highest BCUT2D eigenvalue weighted by Gasteiger charge is 2.11. The average Bonchev–Trinajstić information content (AvgIpc) is 2.74. The quantitative estimate of drug-likeness (QED) is 0.195. The summed E-state index contributed by atoms with van der Waals surface area (Å²) >= 11 is 11.8. The number of hydrogen-bond donors (Lipinski definition) is 1. The predicted octanol–water partition coefficient (Wildman–Crippen LogP) is 6.20. The molecule has 1 amide bonds. The molecule has 1 N–H and O–H groups in total. The minimum absolute atomic E-state index is 0.0357. The Kier molecular flexibility index (Phi) is 8.28. The van der Waals surface area contributed by atoms with Gasteiger partial charge in [0.15, 0.2) is 5.75 Å². The van der Waals surface area contributed by atoms with Crippen molar-refractivity contribution >= 4 is 62.2 Å². The highest BCUT2D eigenvalue weighted by molar-refractivity contribution is 14.1. The molecule has 0 aliphatic rings. The Bertz CT molecular complexity index is 1120. The van der Waals surface area contributed by atoms with Crippen molar-refractivity contribution in [3.05, 3.63) is 90.2 Å². The zero-order valence-corrected chi connectivity index (χ0v) is 20.7. The van der Waals surface area contributed by atoms with E-state index < -0.39 is 0 Å². The summed E-state index contributed by atoms with van der Waals surface area (Å²) in [5, 5.41) is 4.30. The monoisotopic (exact) mass is 616 g/mol. The second-order valence-electron chi connectivity index (χ2n) is 6.24. The van der Waals surface area contributed by atoms with Gasteiger partial charge in [-0.3, -0.25) is 4.79 Å². The predicted molar refractivity (Wildman–Crippen MR) is 131 cm³/mol. The minimum atomic E-state index is -0.374. The van der Waals surface area contributed by atoms with Gasteiger partial charge in [0.25, 0.3) is 5.91 Å². The summed E-state index contributed by atoms with van der Waals surface area (Å²) in [5.41, 5.74) is 3.94. The number of benzene rings is 3. The Morgan fingerprint density at radius 2 is 2.03 bits per heavy atom. The molecular weight excluding hydrogens is 602 g/mol. The molecule has 0 aliphatic heterocycles. The maximum absolute atomic E-state index is 13.8. The number of amides is 1. The van der Waals surface area contributed by atoms with Crippen LogP contribution in [0.5, 0.6) is 11.5 Å². The second-order valence-corrected chi connectivity index (χ2v) is 8.67. The van der Waals surface area contributed by atoms with Gasteiger partial charge in [-0.15, -0.1) is 0 Å². The molecule has 0 saturated heterocycles. The van der Waals surface area contributed by atoms with Crippen LogP contribution < -0.4 is 14.9 Å². The maximum atomic E-state index is 13.8. The summed E-state index contributed by atoms with van der Waals surface area (Å²) in [6, 6.07) is 14.8. The van der Waals surface area contributed by atoms with Gasteiger partial charge in [-0.25, -0.2) is 9.82 Å². The Morgan fingerprint density at radius 3 is 2.74 bits per heavy atom. The van der Waals surface area contributed by atoms with Crippen LogP contribution in [0, 0.1) is 9.39 Å². The zero-order chi connectivity index (χ0) is 22.4. The van der Waals surface area contributed by atoms with Crippen molar-refractivity contribution in [3.8, 4) is 11.5 Å².